The minimum atomic E-state index is -0.574. The van der Waals surface area contributed by atoms with Crippen LogP contribution in [0.3, 0.4) is 0 Å². The van der Waals surface area contributed by atoms with Crippen molar-refractivity contribution in [2.45, 2.75) is 86.0 Å². The van der Waals surface area contributed by atoms with Crippen molar-refractivity contribution in [2.24, 2.45) is 5.41 Å². The molecule has 0 aliphatic heterocycles. The molecule has 0 N–H and O–H groups in total. The van der Waals surface area contributed by atoms with Crippen molar-refractivity contribution in [3.05, 3.63) is 223 Å². The zero-order valence-corrected chi connectivity index (χ0v) is 45.5. The number of aromatic nitrogens is 4. The largest absolute Gasteiger partial charge is 0.510 e. The minimum Gasteiger partial charge on any atom is -0.510 e. The number of hydrogen-bond acceptors (Lipinski definition) is 2. The normalized spacial score (nSPS) is 14.5. The van der Waals surface area contributed by atoms with E-state index in [0.717, 1.165) is 38.8 Å². The van der Waals surface area contributed by atoms with Gasteiger partial charge in [-0.25, -0.2) is 4.98 Å². The van der Waals surface area contributed by atoms with Crippen molar-refractivity contribution in [2.75, 3.05) is 0 Å². The second-order valence-electron chi connectivity index (χ2n) is 21.9. The third-order valence-electron chi connectivity index (χ3n) is 14.1. The molecule has 5 nitrogen and oxygen atoms in total. The Morgan fingerprint density at radius 2 is 1.20 bits per heavy atom. The summed E-state index contributed by atoms with van der Waals surface area (Å²) < 4.78 is 99.9. The maximum Gasteiger partial charge on any atom is 0.268 e. The van der Waals surface area contributed by atoms with Crippen molar-refractivity contribution in [3.8, 4) is 62.1 Å². The molecule has 0 amide bonds. The van der Waals surface area contributed by atoms with E-state index in [9.17, 15) is 0 Å². The summed E-state index contributed by atoms with van der Waals surface area (Å²) >= 11 is 0. The van der Waals surface area contributed by atoms with Crippen LogP contribution in [0.25, 0.3) is 83.4 Å². The molecule has 1 atom stereocenters. The van der Waals surface area contributed by atoms with Crippen LogP contribution in [0.4, 0.5) is 0 Å². The fourth-order valence-electron chi connectivity index (χ4n) is 9.59. The second-order valence-corrected chi connectivity index (χ2v) is 21.9. The van der Waals surface area contributed by atoms with Crippen LogP contribution in [0, 0.1) is 23.9 Å². The Kier molecular flexibility index (Phi) is 10.3. The minimum absolute atomic E-state index is 0. The molecule has 0 fully saturated rings. The summed E-state index contributed by atoms with van der Waals surface area (Å²) in [5.74, 6) is 1.69. The number of hydrogen-bond donors (Lipinski definition) is 0. The van der Waals surface area contributed by atoms with Crippen molar-refractivity contribution in [3.63, 3.8) is 0 Å². The fourth-order valence-corrected chi connectivity index (χ4v) is 9.59. The molecule has 0 aliphatic rings. The summed E-state index contributed by atoms with van der Waals surface area (Å²) in [4.78, 5) is 5.26. The molecule has 8 aromatic carbocycles. The van der Waals surface area contributed by atoms with Gasteiger partial charge >= 0.3 is 0 Å². The monoisotopic (exact) mass is 1160 g/mol. The van der Waals surface area contributed by atoms with E-state index in [0.29, 0.717) is 28.2 Å². The number of para-hydroxylation sites is 3. The standard InChI is InChI=1S/C68H62N4O.Pt/c1-45(66(2,3)4)57-42-64(69-43-59(57)48-31-33-49(34-32-48)67(5,6)7)72-60-38-35-50(68(8,9)10)39-58(60)56-37-36-53(41-63(56)72)73-52-26-19-25-51(40-52)70-44-71(62-30-18-17-29-61(62)70)65-54(46-21-13-11-14-22-46)27-20-28-55(65)47-23-15-12-16-24-47;/h11-39,42-43,45H,1-10H3;/q-2;/i11D,12D,13D,14D,15D,16D,21D,22D,23D,24D;. The molecule has 0 aliphatic carbocycles. The quantitative estimate of drug-likeness (QED) is 0.107. The summed E-state index contributed by atoms with van der Waals surface area (Å²) in [6.07, 6.45) is 5.45. The molecule has 11 rings (SSSR count). The number of rotatable bonds is 9. The van der Waals surface area contributed by atoms with E-state index in [4.69, 9.17) is 23.4 Å². The fraction of sp³-hybridized carbons (Fsp3) is 0.206. The third-order valence-corrected chi connectivity index (χ3v) is 14.1. The first-order valence-corrected chi connectivity index (χ1v) is 24.7. The first-order chi connectivity index (χ1) is 39.1. The first kappa shape index (κ1) is 39.2. The van der Waals surface area contributed by atoms with E-state index in [2.05, 4.69) is 147 Å². The number of fused-ring (bicyclic) bond motifs is 4. The van der Waals surface area contributed by atoms with Crippen molar-refractivity contribution >= 4 is 32.8 Å². The van der Waals surface area contributed by atoms with Gasteiger partial charge in [-0.1, -0.05) is 214 Å². The van der Waals surface area contributed by atoms with Gasteiger partial charge in [0.2, 0.25) is 0 Å². The van der Waals surface area contributed by atoms with Gasteiger partial charge in [0.25, 0.3) is 6.33 Å². The molecule has 0 saturated heterocycles. The predicted octanol–water partition coefficient (Wildman–Crippen LogP) is 17.3. The molecular weight excluding hydrogens is 1080 g/mol. The Labute approximate surface area is 465 Å². The van der Waals surface area contributed by atoms with E-state index < -0.39 is 60.4 Å². The number of ether oxygens (including phenoxy) is 1. The Morgan fingerprint density at radius 3 is 1.85 bits per heavy atom. The van der Waals surface area contributed by atoms with Gasteiger partial charge in [0, 0.05) is 49.8 Å². The van der Waals surface area contributed by atoms with Crippen LogP contribution in [0.15, 0.2) is 188 Å². The van der Waals surface area contributed by atoms with E-state index in [1.54, 1.807) is 33.4 Å². The van der Waals surface area contributed by atoms with Gasteiger partial charge in [-0.05, 0) is 89.9 Å². The summed E-state index contributed by atoms with van der Waals surface area (Å²) in [6.45, 7) is 22.4. The number of nitrogens with zero attached hydrogens (tertiary/aromatic N) is 4. The smallest absolute Gasteiger partial charge is 0.268 e. The van der Waals surface area contributed by atoms with Gasteiger partial charge in [-0.15, -0.1) is 29.7 Å². The average Bonchev–Trinajstić information content (AvgIpc) is 2.06. The Hall–Kier alpha value is -7.33. The van der Waals surface area contributed by atoms with E-state index >= 15 is 0 Å². The molecule has 0 spiro atoms. The maximum absolute atomic E-state index is 9.08. The van der Waals surface area contributed by atoms with E-state index in [-0.39, 0.29) is 71.2 Å². The number of imidazole rings is 1. The molecular formula is C68H62N4OPt-2. The van der Waals surface area contributed by atoms with Crippen LogP contribution in [-0.2, 0) is 31.9 Å². The molecule has 6 heteroatoms. The zero-order valence-electron chi connectivity index (χ0n) is 53.2. The van der Waals surface area contributed by atoms with Gasteiger partial charge in [-0.2, -0.15) is 18.2 Å². The predicted molar refractivity (Wildman–Crippen MR) is 302 cm³/mol. The third kappa shape index (κ3) is 9.44. The van der Waals surface area contributed by atoms with Crippen LogP contribution in [0.5, 0.6) is 11.5 Å². The molecule has 11 aromatic rings. The van der Waals surface area contributed by atoms with Crippen LogP contribution >= 0.6 is 0 Å². The molecule has 372 valence electrons. The van der Waals surface area contributed by atoms with Crippen molar-refractivity contribution in [1.29, 1.82) is 0 Å². The first-order valence-electron chi connectivity index (χ1n) is 29.7. The van der Waals surface area contributed by atoms with Crippen molar-refractivity contribution < 1.29 is 44.1 Å². The van der Waals surface area contributed by atoms with Gasteiger partial charge in [-0.3, -0.25) is 4.57 Å². The summed E-state index contributed by atoms with van der Waals surface area (Å²) in [5, 5.41) is 2.04. The molecule has 0 saturated carbocycles. The zero-order chi connectivity index (χ0) is 59.5. The summed E-state index contributed by atoms with van der Waals surface area (Å²) in [5.41, 5.74) is 9.22. The Morgan fingerprint density at radius 1 is 0.581 bits per heavy atom. The van der Waals surface area contributed by atoms with E-state index in [1.807, 2.05) is 48.7 Å². The van der Waals surface area contributed by atoms with Crippen LogP contribution in [0.1, 0.15) is 106 Å². The maximum atomic E-state index is 9.08. The Bertz CT molecular complexity index is 4310. The van der Waals surface area contributed by atoms with Crippen molar-refractivity contribution in [1.82, 2.24) is 14.1 Å². The van der Waals surface area contributed by atoms with Crippen LogP contribution < -0.4 is 9.30 Å². The molecule has 3 aromatic heterocycles. The topological polar surface area (TPSA) is 35.9 Å². The van der Waals surface area contributed by atoms with Gasteiger partial charge in [0.05, 0.1) is 30.4 Å². The molecule has 0 bridgehead atoms. The van der Waals surface area contributed by atoms with E-state index in [1.165, 1.54) is 16.7 Å². The number of pyridine rings is 1. The SMILES string of the molecule is [2H]c1c([2H])c([2H])c(-c2cccc(-c3c([2H])c([2H])c([2H])c([2H])c3[2H])c2-[n+]2[c-]n(-c3[c-]c(Oc4[c-]c5c(cc4)c4cc(C(C)(C)C)ccc4n5-c4cc(C(C)C(C)(C)C)c(-c5ccc(C(C)(C)C)cc5)cn4)ccc3)c3ccccc32)c([2H])c1[2H].[Pt]. The molecule has 74 heavy (non-hydrogen) atoms. The summed E-state index contributed by atoms with van der Waals surface area (Å²) in [7, 11) is 0. The molecule has 0 radical (unpaired) electrons. The van der Waals surface area contributed by atoms with Gasteiger partial charge in [0.1, 0.15) is 5.82 Å². The van der Waals surface area contributed by atoms with Crippen LogP contribution in [-0.4, -0.2) is 14.1 Å². The Balaban J connectivity index is 0.00000786. The summed E-state index contributed by atoms with van der Waals surface area (Å²) in [6, 6.07) is 41.1. The van der Waals surface area contributed by atoms with Crippen LogP contribution in [0.2, 0.25) is 0 Å². The van der Waals surface area contributed by atoms with Gasteiger partial charge < -0.3 is 13.9 Å². The average molecular weight is 1160 g/mol. The van der Waals surface area contributed by atoms with Gasteiger partial charge in [0.15, 0.2) is 0 Å². The second kappa shape index (κ2) is 19.5. The molecule has 3 heterocycles. The molecule has 1 unspecified atom stereocenters. The number of benzene rings is 8.